The first-order valence-electron chi connectivity index (χ1n) is 9.31. The Hall–Kier alpha value is -0.700. The summed E-state index contributed by atoms with van der Waals surface area (Å²) >= 11 is 0. The highest BCUT2D eigenvalue weighted by atomic mass is 14.6. The molecule has 4 aliphatic carbocycles. The minimum absolute atomic E-state index is 0.383. The minimum Gasteiger partial charge on any atom is -0.120 e. The molecule has 0 radical (unpaired) electrons. The number of rotatable bonds is 1. The van der Waals surface area contributed by atoms with Gasteiger partial charge in [0.05, 0.1) is 0 Å². The topological polar surface area (TPSA) is 0 Å². The lowest BCUT2D eigenvalue weighted by molar-refractivity contribution is -0.0995. The van der Waals surface area contributed by atoms with Crippen molar-refractivity contribution >= 4 is 0 Å². The Bertz CT molecular complexity index is 481. The number of terminal acetylenes is 1. The van der Waals surface area contributed by atoms with Crippen LogP contribution in [0.25, 0.3) is 0 Å². The molecule has 0 amide bonds. The van der Waals surface area contributed by atoms with Crippen LogP contribution in [0, 0.1) is 46.8 Å². The smallest absolute Gasteiger partial charge is 0.0180 e. The minimum atomic E-state index is 0.383. The summed E-state index contributed by atoms with van der Waals surface area (Å²) < 4.78 is 0. The van der Waals surface area contributed by atoms with E-state index in [-0.39, 0.29) is 0 Å². The number of fused-ring (bicyclic) bond motifs is 5. The molecule has 4 aliphatic rings. The monoisotopic (exact) mass is 282 g/mol. The fraction of sp³-hybridized carbons (Fsp3) is 0.810. The van der Waals surface area contributed by atoms with Gasteiger partial charge < -0.3 is 0 Å². The third-order valence-electron chi connectivity index (χ3n) is 8.11. The zero-order valence-corrected chi connectivity index (χ0v) is 13.6. The second kappa shape index (κ2) is 4.91. The first-order valence-corrected chi connectivity index (χ1v) is 9.31. The molecule has 0 nitrogen and oxygen atoms in total. The fourth-order valence-corrected chi connectivity index (χ4v) is 7.07. The van der Waals surface area contributed by atoms with E-state index < -0.39 is 0 Å². The van der Waals surface area contributed by atoms with E-state index in [9.17, 15) is 0 Å². The van der Waals surface area contributed by atoms with Gasteiger partial charge in [0.25, 0.3) is 0 Å². The van der Waals surface area contributed by atoms with Gasteiger partial charge in [0.2, 0.25) is 0 Å². The zero-order chi connectivity index (χ0) is 14.5. The van der Waals surface area contributed by atoms with Gasteiger partial charge in [-0.25, -0.2) is 0 Å². The van der Waals surface area contributed by atoms with Crippen LogP contribution in [0.1, 0.15) is 71.1 Å². The molecule has 3 fully saturated rings. The zero-order valence-electron chi connectivity index (χ0n) is 13.6. The van der Waals surface area contributed by atoms with E-state index in [1.54, 1.807) is 0 Å². The number of hydrogen-bond donors (Lipinski definition) is 0. The average molecular weight is 282 g/mol. The molecule has 0 bridgehead atoms. The molecule has 3 saturated carbocycles. The Balaban J connectivity index is 1.64. The summed E-state index contributed by atoms with van der Waals surface area (Å²) in [6.07, 6.45) is 24.8. The van der Waals surface area contributed by atoms with Gasteiger partial charge in [0.15, 0.2) is 0 Å². The van der Waals surface area contributed by atoms with E-state index in [4.69, 9.17) is 6.42 Å². The van der Waals surface area contributed by atoms with Gasteiger partial charge in [0.1, 0.15) is 0 Å². The average Bonchev–Trinajstić information content (AvgIpc) is 2.91. The molecular formula is C21H30. The summed E-state index contributed by atoms with van der Waals surface area (Å²) in [6, 6.07) is 0. The molecule has 114 valence electrons. The molecule has 1 unspecified atom stereocenters. The highest BCUT2D eigenvalue weighted by Gasteiger charge is 2.57. The highest BCUT2D eigenvalue weighted by molar-refractivity contribution is 5.20. The Morgan fingerprint density at radius 2 is 2.00 bits per heavy atom. The van der Waals surface area contributed by atoms with Gasteiger partial charge in [-0.2, -0.15) is 0 Å². The van der Waals surface area contributed by atoms with Crippen LogP contribution in [0.2, 0.25) is 0 Å². The van der Waals surface area contributed by atoms with E-state index in [1.165, 1.54) is 57.8 Å². The van der Waals surface area contributed by atoms with Crippen LogP contribution in [-0.4, -0.2) is 0 Å². The van der Waals surface area contributed by atoms with E-state index in [2.05, 4.69) is 25.0 Å². The van der Waals surface area contributed by atoms with Crippen molar-refractivity contribution in [2.24, 2.45) is 34.5 Å². The molecular weight excluding hydrogens is 252 g/mol. The number of hydrogen-bond acceptors (Lipinski definition) is 0. The summed E-state index contributed by atoms with van der Waals surface area (Å²) in [4.78, 5) is 0. The molecule has 0 aromatic heterocycles. The van der Waals surface area contributed by atoms with Gasteiger partial charge in [-0.1, -0.05) is 31.9 Å². The van der Waals surface area contributed by atoms with Gasteiger partial charge in [-0.3, -0.25) is 0 Å². The van der Waals surface area contributed by atoms with E-state index in [0.29, 0.717) is 10.8 Å². The largest absolute Gasteiger partial charge is 0.120 e. The first kappa shape index (κ1) is 13.9. The Morgan fingerprint density at radius 3 is 2.86 bits per heavy atom. The fourth-order valence-electron chi connectivity index (χ4n) is 7.07. The van der Waals surface area contributed by atoms with E-state index in [0.717, 1.165) is 30.1 Å². The number of allylic oxidation sites excluding steroid dienone is 2. The summed E-state index contributed by atoms with van der Waals surface area (Å²) in [6.45, 7) is 2.66. The van der Waals surface area contributed by atoms with Crippen LogP contribution in [0.3, 0.4) is 0 Å². The maximum Gasteiger partial charge on any atom is 0.0180 e. The van der Waals surface area contributed by atoms with Crippen LogP contribution >= 0.6 is 0 Å². The highest BCUT2D eigenvalue weighted by Crippen LogP contribution is 2.65. The molecule has 0 aromatic carbocycles. The maximum absolute atomic E-state index is 5.73. The van der Waals surface area contributed by atoms with E-state index in [1.807, 2.05) is 0 Å². The molecule has 0 spiro atoms. The second-order valence-electron chi connectivity index (χ2n) is 8.69. The quantitative estimate of drug-likeness (QED) is 0.434. The van der Waals surface area contributed by atoms with Crippen LogP contribution in [0.5, 0.6) is 0 Å². The summed E-state index contributed by atoms with van der Waals surface area (Å²) in [5.41, 5.74) is 1.04. The Morgan fingerprint density at radius 1 is 1.10 bits per heavy atom. The Kier molecular flexibility index (Phi) is 3.25. The van der Waals surface area contributed by atoms with Crippen molar-refractivity contribution in [3.05, 3.63) is 12.2 Å². The molecule has 0 N–H and O–H groups in total. The summed E-state index contributed by atoms with van der Waals surface area (Å²) in [7, 11) is 0. The van der Waals surface area contributed by atoms with Gasteiger partial charge in [-0.15, -0.1) is 12.3 Å². The van der Waals surface area contributed by atoms with Gasteiger partial charge in [0, 0.05) is 11.8 Å². The summed E-state index contributed by atoms with van der Waals surface area (Å²) in [5, 5.41) is 0. The van der Waals surface area contributed by atoms with E-state index >= 15 is 0 Å². The normalized spacial score (nSPS) is 51.6. The standard InChI is InChI=1S/C21H30/c1-3-12-21-14-6-8-19(21)17-10-9-16-7-4-5-13-20(16,2)18(17)11-15-21/h1,6,14,16-19H,4-5,7-13,15H2,2H3/t16?,17-,18+,19+,20+,21+/m1/s1. The SMILES string of the molecule is C#CC[C@@]12C=CC[C@H]1[C@@H]1CCC3CCCC[C@]3(C)[C@H]1CC2. The molecule has 0 aromatic rings. The predicted octanol–water partition coefficient (Wildman–Crippen LogP) is 5.59. The van der Waals surface area contributed by atoms with Crippen LogP contribution < -0.4 is 0 Å². The lowest BCUT2D eigenvalue weighted by atomic mass is 9.45. The molecule has 0 heteroatoms. The predicted molar refractivity (Wildman–Crippen MR) is 88.6 cm³/mol. The summed E-state index contributed by atoms with van der Waals surface area (Å²) in [5.74, 6) is 6.86. The van der Waals surface area contributed by atoms with Crippen molar-refractivity contribution in [2.45, 2.75) is 71.1 Å². The van der Waals surface area contributed by atoms with Crippen molar-refractivity contribution in [3.8, 4) is 12.3 Å². The molecule has 21 heavy (non-hydrogen) atoms. The van der Waals surface area contributed by atoms with Crippen molar-refractivity contribution in [3.63, 3.8) is 0 Å². The molecule has 0 heterocycles. The molecule has 6 atom stereocenters. The van der Waals surface area contributed by atoms with Crippen molar-refractivity contribution in [2.75, 3.05) is 0 Å². The van der Waals surface area contributed by atoms with Crippen molar-refractivity contribution in [1.82, 2.24) is 0 Å². The lowest BCUT2D eigenvalue weighted by Crippen LogP contribution is -2.52. The van der Waals surface area contributed by atoms with Gasteiger partial charge in [-0.05, 0) is 74.0 Å². The first-order chi connectivity index (χ1) is 10.2. The third-order valence-corrected chi connectivity index (χ3v) is 8.11. The van der Waals surface area contributed by atoms with Crippen LogP contribution in [0.15, 0.2) is 12.2 Å². The maximum atomic E-state index is 5.73. The Labute approximate surface area is 130 Å². The van der Waals surface area contributed by atoms with Crippen LogP contribution in [0.4, 0.5) is 0 Å². The second-order valence-corrected chi connectivity index (χ2v) is 8.69. The lowest BCUT2D eigenvalue weighted by Gasteiger charge is -2.60. The van der Waals surface area contributed by atoms with Crippen molar-refractivity contribution in [1.29, 1.82) is 0 Å². The van der Waals surface area contributed by atoms with Gasteiger partial charge >= 0.3 is 0 Å². The van der Waals surface area contributed by atoms with Crippen LogP contribution in [-0.2, 0) is 0 Å². The molecule has 4 rings (SSSR count). The molecule has 0 aliphatic heterocycles. The molecule has 0 saturated heterocycles. The van der Waals surface area contributed by atoms with Crippen molar-refractivity contribution < 1.29 is 0 Å². The third kappa shape index (κ3) is 1.89.